The maximum absolute atomic E-state index is 12.5. The van der Waals surface area contributed by atoms with Gasteiger partial charge in [-0.15, -0.1) is 0 Å². The van der Waals surface area contributed by atoms with Gasteiger partial charge in [0.05, 0.1) is 6.54 Å². The highest BCUT2D eigenvalue weighted by atomic mass is 19.4. The van der Waals surface area contributed by atoms with Gasteiger partial charge in [0.1, 0.15) is 13.2 Å². The maximum Gasteiger partial charge on any atom is 0.419 e. The molecule has 2 aromatic carbocycles. The predicted octanol–water partition coefficient (Wildman–Crippen LogP) is 1.77. The number of ether oxygens (including phenoxy) is 1. The number of carboxylic acid groups (broad SMARTS) is 1. The number of carbonyl (C=O) groups is 4. The number of carbonyl (C=O) groups excluding carboxylic acids is 3. The molecule has 0 spiro atoms. The van der Waals surface area contributed by atoms with Crippen LogP contribution in [0.5, 0.6) is 0 Å². The summed E-state index contributed by atoms with van der Waals surface area (Å²) >= 11 is 0. The normalized spacial score (nSPS) is 13.3. The first-order chi connectivity index (χ1) is 16.1. The first-order valence-electron chi connectivity index (χ1n) is 10.0. The monoisotopic (exact) mass is 479 g/mol. The van der Waals surface area contributed by atoms with Crippen molar-refractivity contribution in [1.82, 2.24) is 16.0 Å². The van der Waals surface area contributed by atoms with Crippen LogP contribution < -0.4 is 16.0 Å². The molecule has 34 heavy (non-hydrogen) atoms. The van der Waals surface area contributed by atoms with Crippen molar-refractivity contribution in [3.8, 4) is 11.1 Å². The topological polar surface area (TPSA) is 134 Å². The van der Waals surface area contributed by atoms with Crippen LogP contribution in [0, 0.1) is 0 Å². The Morgan fingerprint density at radius 2 is 1.41 bits per heavy atom. The molecule has 1 aliphatic rings. The molecule has 9 nitrogen and oxygen atoms in total. The Morgan fingerprint density at radius 3 is 1.94 bits per heavy atom. The van der Waals surface area contributed by atoms with Crippen LogP contribution >= 0.6 is 0 Å². The third kappa shape index (κ3) is 5.82. The number of rotatable bonds is 8. The second-order valence-corrected chi connectivity index (χ2v) is 7.34. The number of hydrogen-bond donors (Lipinski definition) is 4. The van der Waals surface area contributed by atoms with E-state index in [1.54, 1.807) is 0 Å². The van der Waals surface area contributed by atoms with Gasteiger partial charge in [-0.05, 0) is 22.3 Å². The quantitative estimate of drug-likeness (QED) is 0.456. The first-order valence-corrected chi connectivity index (χ1v) is 10.0. The van der Waals surface area contributed by atoms with E-state index in [-0.39, 0.29) is 12.5 Å². The van der Waals surface area contributed by atoms with Gasteiger partial charge in [0.25, 0.3) is 0 Å². The van der Waals surface area contributed by atoms with Crippen LogP contribution in [0.15, 0.2) is 48.5 Å². The fourth-order valence-corrected chi connectivity index (χ4v) is 3.54. The van der Waals surface area contributed by atoms with Crippen LogP contribution in [-0.2, 0) is 19.1 Å². The fraction of sp³-hybridized carbons (Fsp3) is 0.273. The van der Waals surface area contributed by atoms with Crippen LogP contribution in [-0.4, -0.2) is 60.9 Å². The van der Waals surface area contributed by atoms with Crippen molar-refractivity contribution in [3.63, 3.8) is 0 Å². The Morgan fingerprint density at radius 1 is 0.882 bits per heavy atom. The summed E-state index contributed by atoms with van der Waals surface area (Å²) in [5.41, 5.74) is 4.08. The number of nitrogens with one attached hydrogen (secondary N) is 3. The standard InChI is InChI=1S/C22H20F3N3O6/c23-22(24,25)19(20(31)32)28-18(30)10-26-17(29)9-27-21(33)34-11-16-14-7-3-1-5-12(14)13-6-2-4-8-15(13)16/h1-8,16,19H,9-11H2,(H,26,29)(H,27,33)(H,28,30)(H,31,32). The zero-order chi connectivity index (χ0) is 24.9. The molecule has 180 valence electrons. The summed E-state index contributed by atoms with van der Waals surface area (Å²) in [4.78, 5) is 45.9. The molecule has 1 unspecified atom stereocenters. The van der Waals surface area contributed by atoms with Crippen molar-refractivity contribution in [3.05, 3.63) is 59.7 Å². The molecule has 0 radical (unpaired) electrons. The van der Waals surface area contributed by atoms with E-state index < -0.39 is 49.2 Å². The molecule has 0 bridgehead atoms. The van der Waals surface area contributed by atoms with Crippen LogP contribution in [0.1, 0.15) is 17.0 Å². The molecular weight excluding hydrogens is 459 g/mol. The number of benzene rings is 2. The SMILES string of the molecule is O=C(CNC(=O)OCC1c2ccccc2-c2ccccc21)NCC(=O)NC(C(=O)O)C(F)(F)F. The Bertz CT molecular complexity index is 1060. The van der Waals surface area contributed by atoms with Crippen molar-refractivity contribution >= 4 is 23.9 Å². The largest absolute Gasteiger partial charge is 0.479 e. The molecule has 2 aromatic rings. The zero-order valence-electron chi connectivity index (χ0n) is 17.5. The number of aliphatic carboxylic acids is 1. The number of amides is 3. The van der Waals surface area contributed by atoms with Gasteiger partial charge in [-0.25, -0.2) is 9.59 Å². The second-order valence-electron chi connectivity index (χ2n) is 7.34. The molecule has 0 aliphatic heterocycles. The maximum atomic E-state index is 12.5. The van der Waals surface area contributed by atoms with Crippen molar-refractivity contribution in [2.45, 2.75) is 18.1 Å². The molecule has 0 saturated heterocycles. The van der Waals surface area contributed by atoms with E-state index in [2.05, 4.69) is 5.32 Å². The van der Waals surface area contributed by atoms with E-state index in [1.807, 2.05) is 53.8 Å². The van der Waals surface area contributed by atoms with E-state index in [1.165, 1.54) is 5.32 Å². The molecular formula is C22H20F3N3O6. The predicted molar refractivity (Wildman–Crippen MR) is 112 cm³/mol. The summed E-state index contributed by atoms with van der Waals surface area (Å²) in [5, 5.41) is 13.9. The fourth-order valence-electron chi connectivity index (χ4n) is 3.54. The van der Waals surface area contributed by atoms with E-state index in [9.17, 15) is 32.3 Å². The van der Waals surface area contributed by atoms with Crippen molar-refractivity contribution < 1.29 is 42.2 Å². The number of alkyl halides is 3. The number of halogens is 3. The van der Waals surface area contributed by atoms with Crippen molar-refractivity contribution in [2.75, 3.05) is 19.7 Å². The van der Waals surface area contributed by atoms with E-state index >= 15 is 0 Å². The Balaban J connectivity index is 1.44. The van der Waals surface area contributed by atoms with Crippen LogP contribution in [0.2, 0.25) is 0 Å². The summed E-state index contributed by atoms with van der Waals surface area (Å²) in [6, 6.07) is 12.3. The van der Waals surface area contributed by atoms with Gasteiger partial charge in [0.2, 0.25) is 17.9 Å². The highest BCUT2D eigenvalue weighted by molar-refractivity contribution is 5.89. The van der Waals surface area contributed by atoms with Crippen LogP contribution in [0.25, 0.3) is 11.1 Å². The van der Waals surface area contributed by atoms with E-state index in [4.69, 9.17) is 9.84 Å². The van der Waals surface area contributed by atoms with Gasteiger partial charge in [-0.1, -0.05) is 48.5 Å². The average Bonchev–Trinajstić information content (AvgIpc) is 3.11. The smallest absolute Gasteiger partial charge is 0.419 e. The van der Waals surface area contributed by atoms with Gasteiger partial charge >= 0.3 is 18.2 Å². The molecule has 0 fully saturated rings. The minimum absolute atomic E-state index is 0.0118. The molecule has 3 amide bonds. The third-order valence-corrected chi connectivity index (χ3v) is 5.06. The Labute approximate surface area is 191 Å². The number of fused-ring (bicyclic) bond motifs is 3. The van der Waals surface area contributed by atoms with Crippen molar-refractivity contribution in [1.29, 1.82) is 0 Å². The second kappa shape index (κ2) is 10.2. The van der Waals surface area contributed by atoms with Crippen molar-refractivity contribution in [2.24, 2.45) is 0 Å². The molecule has 0 aromatic heterocycles. The Kier molecular flexibility index (Phi) is 7.39. The minimum atomic E-state index is -5.20. The molecule has 0 saturated carbocycles. The summed E-state index contributed by atoms with van der Waals surface area (Å²) in [6.45, 7) is -1.51. The van der Waals surface area contributed by atoms with Gasteiger partial charge in [-0.2, -0.15) is 13.2 Å². The van der Waals surface area contributed by atoms with Crippen LogP contribution in [0.4, 0.5) is 18.0 Å². The molecule has 1 atom stereocenters. The molecule has 3 rings (SSSR count). The first kappa shape index (κ1) is 24.6. The molecule has 0 heterocycles. The van der Waals surface area contributed by atoms with Crippen LogP contribution in [0.3, 0.4) is 0 Å². The number of hydrogen-bond acceptors (Lipinski definition) is 5. The van der Waals surface area contributed by atoms with Gasteiger partial charge in [0, 0.05) is 5.92 Å². The van der Waals surface area contributed by atoms with Gasteiger partial charge in [-0.3, -0.25) is 9.59 Å². The third-order valence-electron chi connectivity index (χ3n) is 5.06. The number of alkyl carbamates (subject to hydrolysis) is 1. The van der Waals surface area contributed by atoms with Gasteiger partial charge < -0.3 is 25.8 Å². The summed E-state index contributed by atoms with van der Waals surface area (Å²) < 4.78 is 42.9. The van der Waals surface area contributed by atoms with E-state index in [0.29, 0.717) is 0 Å². The summed E-state index contributed by atoms with van der Waals surface area (Å²) in [7, 11) is 0. The minimum Gasteiger partial charge on any atom is -0.479 e. The highest BCUT2D eigenvalue weighted by Crippen LogP contribution is 2.44. The lowest BCUT2D eigenvalue weighted by Gasteiger charge is -2.17. The zero-order valence-corrected chi connectivity index (χ0v) is 17.5. The molecule has 4 N–H and O–H groups in total. The summed E-state index contributed by atoms with van der Waals surface area (Å²) in [6.07, 6.45) is -6.10. The van der Waals surface area contributed by atoms with Gasteiger partial charge in [0.15, 0.2) is 0 Å². The molecule has 12 heteroatoms. The lowest BCUT2D eigenvalue weighted by molar-refractivity contribution is -0.181. The number of carboxylic acids is 1. The Hall–Kier alpha value is -4.09. The average molecular weight is 479 g/mol. The van der Waals surface area contributed by atoms with E-state index in [0.717, 1.165) is 22.3 Å². The summed E-state index contributed by atoms with van der Waals surface area (Å²) in [5.74, 6) is -4.72. The lowest BCUT2D eigenvalue weighted by Crippen LogP contribution is -2.53. The lowest BCUT2D eigenvalue weighted by atomic mass is 9.98. The highest BCUT2D eigenvalue weighted by Gasteiger charge is 2.46. The molecule has 1 aliphatic carbocycles.